The Labute approximate surface area is 110 Å². The minimum Gasteiger partial charge on any atom is -0.381 e. The summed E-state index contributed by atoms with van der Waals surface area (Å²) in [6, 6.07) is 9.67. The zero-order valence-corrected chi connectivity index (χ0v) is 11.2. The second kappa shape index (κ2) is 4.83. The molecular weight excluding hydrogens is 278 g/mol. The van der Waals surface area contributed by atoms with E-state index in [4.69, 9.17) is 4.74 Å². The summed E-state index contributed by atoms with van der Waals surface area (Å²) in [7, 11) is 0. The van der Waals surface area contributed by atoms with E-state index in [9.17, 15) is 0 Å². The second-order valence-corrected chi connectivity index (χ2v) is 5.56. The van der Waals surface area contributed by atoms with Crippen molar-refractivity contribution in [1.82, 2.24) is 4.57 Å². The Hall–Kier alpha value is -0.800. The molecule has 1 aliphatic rings. The average Bonchev–Trinajstić information content (AvgIpc) is 2.73. The third-order valence-electron chi connectivity index (χ3n) is 3.44. The molecule has 1 aromatic heterocycles. The van der Waals surface area contributed by atoms with Gasteiger partial charge in [0.15, 0.2) is 0 Å². The predicted molar refractivity (Wildman–Crippen MR) is 72.0 cm³/mol. The molecule has 0 unspecified atom stereocenters. The molecule has 0 N–H and O–H groups in total. The average molecular weight is 293 g/mol. The van der Waals surface area contributed by atoms with Crippen LogP contribution in [0.3, 0.4) is 0 Å². The Bertz CT molecular complexity index is 514. The first-order valence-corrected chi connectivity index (χ1v) is 6.86. The highest BCUT2D eigenvalue weighted by Gasteiger charge is 2.15. The first-order valence-electron chi connectivity index (χ1n) is 6.07. The molecule has 1 radical (unpaired) electrons. The molecule has 0 atom stereocenters. The molecule has 0 aliphatic carbocycles. The summed E-state index contributed by atoms with van der Waals surface area (Å²) in [6.07, 6.45) is 4.42. The lowest BCUT2D eigenvalue weighted by Gasteiger charge is -2.22. The van der Waals surface area contributed by atoms with Gasteiger partial charge in [-0.25, -0.2) is 0 Å². The molecule has 3 heteroatoms. The fraction of sp³-hybridized carbons (Fsp3) is 0.429. The molecule has 89 valence electrons. The number of benzene rings is 1. The van der Waals surface area contributed by atoms with Crippen LogP contribution in [0.25, 0.3) is 10.9 Å². The molecule has 0 saturated carbocycles. The normalized spacial score (nSPS) is 17.7. The number of rotatable bonds is 2. The molecule has 0 amide bonds. The molecular formula is C14H15BrNO. The SMILES string of the molecule is Brc1ccc2[c]cn(CC3CCOCC3)c2c1. The number of hydrogen-bond acceptors (Lipinski definition) is 1. The quantitative estimate of drug-likeness (QED) is 0.824. The van der Waals surface area contributed by atoms with E-state index in [-0.39, 0.29) is 0 Å². The molecule has 0 spiro atoms. The largest absolute Gasteiger partial charge is 0.381 e. The molecule has 1 aromatic carbocycles. The first-order chi connectivity index (χ1) is 8.33. The standard InChI is InChI=1S/C14H15BrNO/c15-13-2-1-12-3-6-16(14(12)9-13)10-11-4-7-17-8-5-11/h1-2,6,9,11H,4-5,7-8,10H2. The van der Waals surface area contributed by atoms with E-state index in [1.54, 1.807) is 0 Å². The van der Waals surface area contributed by atoms with Gasteiger partial charge >= 0.3 is 0 Å². The van der Waals surface area contributed by atoms with Crippen molar-refractivity contribution in [3.8, 4) is 0 Å². The molecule has 2 heterocycles. The van der Waals surface area contributed by atoms with Gasteiger partial charge in [0.25, 0.3) is 0 Å². The smallest absolute Gasteiger partial charge is 0.0498 e. The van der Waals surface area contributed by atoms with Gasteiger partial charge in [0.05, 0.1) is 0 Å². The topological polar surface area (TPSA) is 14.2 Å². The van der Waals surface area contributed by atoms with Crippen molar-refractivity contribution in [1.29, 1.82) is 0 Å². The Morgan fingerprint density at radius 3 is 3.00 bits per heavy atom. The van der Waals surface area contributed by atoms with Crippen LogP contribution in [0.1, 0.15) is 12.8 Å². The number of hydrogen-bond donors (Lipinski definition) is 0. The Morgan fingerprint density at radius 2 is 2.18 bits per heavy atom. The van der Waals surface area contributed by atoms with E-state index < -0.39 is 0 Å². The van der Waals surface area contributed by atoms with Crippen LogP contribution in [0.2, 0.25) is 0 Å². The van der Waals surface area contributed by atoms with Gasteiger partial charge in [-0.1, -0.05) is 22.0 Å². The van der Waals surface area contributed by atoms with Gasteiger partial charge in [0.2, 0.25) is 0 Å². The van der Waals surface area contributed by atoms with Crippen LogP contribution in [-0.2, 0) is 11.3 Å². The molecule has 1 saturated heterocycles. The lowest BCUT2D eigenvalue weighted by molar-refractivity contribution is 0.0616. The van der Waals surface area contributed by atoms with Crippen LogP contribution in [0, 0.1) is 12.0 Å². The van der Waals surface area contributed by atoms with Crippen LogP contribution >= 0.6 is 15.9 Å². The molecule has 2 nitrogen and oxygen atoms in total. The lowest BCUT2D eigenvalue weighted by atomic mass is 10.0. The van der Waals surface area contributed by atoms with Crippen LogP contribution in [0.4, 0.5) is 0 Å². The van der Waals surface area contributed by atoms with Crippen molar-refractivity contribution in [3.63, 3.8) is 0 Å². The van der Waals surface area contributed by atoms with Gasteiger partial charge in [0.1, 0.15) is 0 Å². The highest BCUT2D eigenvalue weighted by molar-refractivity contribution is 9.10. The Balaban J connectivity index is 1.86. The molecule has 17 heavy (non-hydrogen) atoms. The van der Waals surface area contributed by atoms with E-state index >= 15 is 0 Å². The van der Waals surface area contributed by atoms with E-state index in [1.807, 2.05) is 0 Å². The van der Waals surface area contributed by atoms with Crippen molar-refractivity contribution in [2.45, 2.75) is 19.4 Å². The fourth-order valence-corrected chi connectivity index (χ4v) is 2.79. The van der Waals surface area contributed by atoms with Crippen molar-refractivity contribution in [2.24, 2.45) is 5.92 Å². The van der Waals surface area contributed by atoms with Gasteiger partial charge in [-0.15, -0.1) is 0 Å². The maximum Gasteiger partial charge on any atom is 0.0498 e. The van der Waals surface area contributed by atoms with Crippen molar-refractivity contribution < 1.29 is 4.74 Å². The van der Waals surface area contributed by atoms with E-state index in [2.05, 4.69) is 51.0 Å². The summed E-state index contributed by atoms with van der Waals surface area (Å²) in [5.41, 5.74) is 1.27. The van der Waals surface area contributed by atoms with Crippen molar-refractivity contribution in [3.05, 3.63) is 34.9 Å². The van der Waals surface area contributed by atoms with Gasteiger partial charge in [0, 0.05) is 47.4 Å². The second-order valence-electron chi connectivity index (χ2n) is 4.64. The van der Waals surface area contributed by atoms with Crippen molar-refractivity contribution in [2.75, 3.05) is 13.2 Å². The van der Waals surface area contributed by atoms with Gasteiger partial charge < -0.3 is 9.30 Å². The number of ether oxygens (including phenoxy) is 1. The monoisotopic (exact) mass is 292 g/mol. The van der Waals surface area contributed by atoms with E-state index in [0.29, 0.717) is 0 Å². The fourth-order valence-electron chi connectivity index (χ4n) is 2.44. The Kier molecular flexibility index (Phi) is 3.21. The lowest BCUT2D eigenvalue weighted by Crippen LogP contribution is -2.20. The summed E-state index contributed by atoms with van der Waals surface area (Å²) < 4.78 is 8.85. The third-order valence-corrected chi connectivity index (χ3v) is 3.93. The van der Waals surface area contributed by atoms with Crippen LogP contribution in [0.5, 0.6) is 0 Å². The van der Waals surface area contributed by atoms with Crippen LogP contribution < -0.4 is 0 Å². The van der Waals surface area contributed by atoms with Gasteiger partial charge in [-0.3, -0.25) is 0 Å². The third kappa shape index (κ3) is 2.40. The van der Waals surface area contributed by atoms with Crippen LogP contribution in [-0.4, -0.2) is 17.8 Å². The number of aromatic nitrogens is 1. The van der Waals surface area contributed by atoms with Gasteiger partial charge in [-0.2, -0.15) is 0 Å². The number of halogens is 1. The van der Waals surface area contributed by atoms with Crippen molar-refractivity contribution >= 4 is 26.8 Å². The predicted octanol–water partition coefficient (Wildman–Crippen LogP) is 3.63. The van der Waals surface area contributed by atoms with Crippen LogP contribution in [0.15, 0.2) is 28.9 Å². The first kappa shape index (κ1) is 11.3. The minimum atomic E-state index is 0.742. The summed E-state index contributed by atoms with van der Waals surface area (Å²) in [6.45, 7) is 2.91. The maximum atomic E-state index is 5.40. The highest BCUT2D eigenvalue weighted by atomic mass is 79.9. The minimum absolute atomic E-state index is 0.742. The molecule has 3 rings (SSSR count). The van der Waals surface area contributed by atoms with Gasteiger partial charge in [-0.05, 0) is 30.9 Å². The summed E-state index contributed by atoms with van der Waals surface area (Å²) >= 11 is 3.53. The molecule has 1 aliphatic heterocycles. The summed E-state index contributed by atoms with van der Waals surface area (Å²) in [5, 5.41) is 1.19. The zero-order chi connectivity index (χ0) is 11.7. The Morgan fingerprint density at radius 1 is 1.35 bits per heavy atom. The van der Waals surface area contributed by atoms with E-state index in [0.717, 1.165) is 30.1 Å². The summed E-state index contributed by atoms with van der Waals surface area (Å²) in [5.74, 6) is 0.742. The van der Waals surface area contributed by atoms with E-state index in [1.165, 1.54) is 23.7 Å². The zero-order valence-electron chi connectivity index (χ0n) is 9.66. The molecule has 0 bridgehead atoms. The molecule has 2 aromatic rings. The number of nitrogens with zero attached hydrogens (tertiary/aromatic N) is 1. The maximum absolute atomic E-state index is 5.40. The summed E-state index contributed by atoms with van der Waals surface area (Å²) in [4.78, 5) is 0. The molecule has 1 fully saturated rings. The highest BCUT2D eigenvalue weighted by Crippen LogP contribution is 2.23. The number of fused-ring (bicyclic) bond motifs is 1.